The third-order valence-corrected chi connectivity index (χ3v) is 6.23. The third kappa shape index (κ3) is 2.99. The average molecular weight is 402 g/mol. The molecule has 1 fully saturated rings. The maximum Gasteiger partial charge on any atom is 0.253 e. The molecule has 154 valence electrons. The lowest BCUT2D eigenvalue weighted by atomic mass is 10.1. The van der Waals surface area contributed by atoms with E-state index in [9.17, 15) is 4.79 Å². The number of aryl methyl sites for hydroxylation is 2. The molecule has 3 heterocycles. The second kappa shape index (κ2) is 7.29. The third-order valence-electron chi connectivity index (χ3n) is 6.23. The molecule has 2 aromatic heterocycles. The van der Waals surface area contributed by atoms with Crippen LogP contribution in [0.25, 0.3) is 33.5 Å². The highest BCUT2D eigenvalue weighted by molar-refractivity contribution is 5.98. The van der Waals surface area contributed by atoms with Gasteiger partial charge in [0.1, 0.15) is 0 Å². The van der Waals surface area contributed by atoms with Crippen LogP contribution in [0.2, 0.25) is 0 Å². The maximum absolute atomic E-state index is 13.0. The van der Waals surface area contributed by atoms with Crippen molar-refractivity contribution < 1.29 is 4.79 Å². The molecule has 6 nitrogen and oxygen atoms in total. The average Bonchev–Trinajstić information content (AvgIpc) is 3.30. The molecule has 1 saturated heterocycles. The van der Waals surface area contributed by atoms with E-state index in [0.29, 0.717) is 12.1 Å². The fraction of sp³-hybridized carbons (Fsp3) is 0.333. The Kier molecular flexibility index (Phi) is 4.59. The first-order valence-corrected chi connectivity index (χ1v) is 10.7. The molecule has 0 aliphatic carbocycles. The lowest BCUT2D eigenvalue weighted by Gasteiger charge is -2.30. The molecule has 1 aliphatic rings. The van der Waals surface area contributed by atoms with Crippen LogP contribution in [0, 0.1) is 0 Å². The van der Waals surface area contributed by atoms with E-state index in [1.165, 1.54) is 10.9 Å². The number of fused-ring (bicyclic) bond motifs is 2. The van der Waals surface area contributed by atoms with Crippen molar-refractivity contribution in [2.24, 2.45) is 12.8 Å². The van der Waals surface area contributed by atoms with E-state index in [-0.39, 0.29) is 11.9 Å². The van der Waals surface area contributed by atoms with Gasteiger partial charge < -0.3 is 19.8 Å². The zero-order valence-corrected chi connectivity index (χ0v) is 17.5. The van der Waals surface area contributed by atoms with Crippen molar-refractivity contribution >= 4 is 27.8 Å². The van der Waals surface area contributed by atoms with Crippen LogP contribution in [0.4, 0.5) is 0 Å². The van der Waals surface area contributed by atoms with Gasteiger partial charge in [-0.25, -0.2) is 4.98 Å². The van der Waals surface area contributed by atoms with E-state index < -0.39 is 0 Å². The molecule has 2 N–H and O–H groups in total. The fourth-order valence-corrected chi connectivity index (χ4v) is 4.67. The van der Waals surface area contributed by atoms with Gasteiger partial charge in [0.2, 0.25) is 0 Å². The Balaban J connectivity index is 1.58. The van der Waals surface area contributed by atoms with E-state index in [1.54, 1.807) is 0 Å². The van der Waals surface area contributed by atoms with E-state index in [1.807, 2.05) is 30.1 Å². The minimum absolute atomic E-state index is 0.0532. The largest absolute Gasteiger partial charge is 0.338 e. The Morgan fingerprint density at radius 1 is 1.17 bits per heavy atom. The number of likely N-dealkylation sites (tertiary alicyclic amines) is 1. The molecule has 1 amide bonds. The van der Waals surface area contributed by atoms with Crippen LogP contribution < -0.4 is 5.73 Å². The molecular formula is C24H27N5O. The van der Waals surface area contributed by atoms with E-state index in [2.05, 4.69) is 46.4 Å². The molecule has 0 spiro atoms. The smallest absolute Gasteiger partial charge is 0.253 e. The number of hydrogen-bond acceptors (Lipinski definition) is 3. The molecule has 1 atom stereocenters. The van der Waals surface area contributed by atoms with Crippen molar-refractivity contribution in [3.63, 3.8) is 0 Å². The zero-order chi connectivity index (χ0) is 20.8. The van der Waals surface area contributed by atoms with Gasteiger partial charge in [0.15, 0.2) is 5.82 Å². The van der Waals surface area contributed by atoms with Crippen molar-refractivity contribution in [1.29, 1.82) is 0 Å². The maximum atomic E-state index is 13.0. The predicted molar refractivity (Wildman–Crippen MR) is 120 cm³/mol. The van der Waals surface area contributed by atoms with Gasteiger partial charge in [0, 0.05) is 49.2 Å². The van der Waals surface area contributed by atoms with Gasteiger partial charge in [-0.1, -0.05) is 18.2 Å². The Morgan fingerprint density at radius 2 is 2.00 bits per heavy atom. The van der Waals surface area contributed by atoms with Crippen molar-refractivity contribution in [3.8, 4) is 11.5 Å². The molecule has 1 aliphatic heterocycles. The van der Waals surface area contributed by atoms with Gasteiger partial charge in [-0.15, -0.1) is 0 Å². The summed E-state index contributed by atoms with van der Waals surface area (Å²) in [4.78, 5) is 19.8. The highest BCUT2D eigenvalue weighted by Gasteiger charge is 2.23. The monoisotopic (exact) mass is 401 g/mol. The normalized spacial score (nSPS) is 17.2. The molecule has 0 radical (unpaired) electrons. The minimum atomic E-state index is 0.0532. The van der Waals surface area contributed by atoms with Crippen LogP contribution in [0.3, 0.4) is 0 Å². The minimum Gasteiger partial charge on any atom is -0.338 e. The number of benzene rings is 2. The molecule has 0 saturated carbocycles. The summed E-state index contributed by atoms with van der Waals surface area (Å²) in [6.45, 7) is 4.42. The first kappa shape index (κ1) is 18.9. The summed E-state index contributed by atoms with van der Waals surface area (Å²) in [5, 5.41) is 1.21. The van der Waals surface area contributed by atoms with Gasteiger partial charge >= 0.3 is 0 Å². The highest BCUT2D eigenvalue weighted by Crippen LogP contribution is 2.30. The number of piperidine rings is 1. The fourth-order valence-electron chi connectivity index (χ4n) is 4.67. The number of rotatable bonds is 3. The Hall–Kier alpha value is -3.12. The lowest BCUT2D eigenvalue weighted by molar-refractivity contribution is 0.0709. The summed E-state index contributed by atoms with van der Waals surface area (Å²) < 4.78 is 4.38. The SMILES string of the molecule is CCn1c(-c2nc3ccc(C(=O)N4CCC[C@@H](N)C4)cc3n2C)cc2ccccc21. The van der Waals surface area contributed by atoms with E-state index in [4.69, 9.17) is 10.7 Å². The van der Waals surface area contributed by atoms with Crippen molar-refractivity contribution in [2.75, 3.05) is 13.1 Å². The summed E-state index contributed by atoms with van der Waals surface area (Å²) in [7, 11) is 2.02. The standard InChI is InChI=1S/C24H27N5O/c1-3-29-20-9-5-4-7-16(20)13-22(29)23-26-19-11-10-17(14-21(19)27(23)2)24(30)28-12-6-8-18(25)15-28/h4-5,7,9-11,13-14,18H,3,6,8,12,15,25H2,1-2H3/t18-/m1/s1. The number of nitrogens with two attached hydrogens (primary N) is 1. The summed E-state index contributed by atoms with van der Waals surface area (Å²) in [6, 6.07) is 16.5. The number of aromatic nitrogens is 3. The molecular weight excluding hydrogens is 374 g/mol. The van der Waals surface area contributed by atoms with Gasteiger partial charge in [0.25, 0.3) is 5.91 Å². The molecule has 6 heteroatoms. The first-order valence-electron chi connectivity index (χ1n) is 10.7. The van der Waals surface area contributed by atoms with Crippen LogP contribution in [-0.2, 0) is 13.6 Å². The van der Waals surface area contributed by atoms with Crippen LogP contribution in [0.1, 0.15) is 30.1 Å². The van der Waals surface area contributed by atoms with Crippen LogP contribution >= 0.6 is 0 Å². The number of carbonyl (C=O) groups is 1. The van der Waals surface area contributed by atoms with Crippen molar-refractivity contribution in [2.45, 2.75) is 32.4 Å². The number of imidazole rings is 1. The summed E-state index contributed by atoms with van der Waals surface area (Å²) in [5.74, 6) is 0.963. The Morgan fingerprint density at radius 3 is 2.80 bits per heavy atom. The number of carbonyl (C=O) groups excluding carboxylic acids is 1. The van der Waals surface area contributed by atoms with Crippen LogP contribution in [0.5, 0.6) is 0 Å². The number of para-hydroxylation sites is 1. The highest BCUT2D eigenvalue weighted by atomic mass is 16.2. The Bertz CT molecular complexity index is 1250. The molecule has 0 bridgehead atoms. The lowest BCUT2D eigenvalue weighted by Crippen LogP contribution is -2.45. The summed E-state index contributed by atoms with van der Waals surface area (Å²) >= 11 is 0. The quantitative estimate of drug-likeness (QED) is 0.568. The van der Waals surface area contributed by atoms with Crippen LogP contribution in [-0.4, -0.2) is 44.1 Å². The van der Waals surface area contributed by atoms with Crippen molar-refractivity contribution in [3.05, 3.63) is 54.1 Å². The van der Waals surface area contributed by atoms with Crippen molar-refractivity contribution in [1.82, 2.24) is 19.0 Å². The number of amides is 1. The second-order valence-corrected chi connectivity index (χ2v) is 8.18. The topological polar surface area (TPSA) is 69.1 Å². The summed E-state index contributed by atoms with van der Waals surface area (Å²) in [5.41, 5.74) is 10.9. The second-order valence-electron chi connectivity index (χ2n) is 8.18. The molecule has 0 unspecified atom stereocenters. The Labute approximate surface area is 175 Å². The van der Waals surface area contributed by atoms with E-state index >= 15 is 0 Å². The molecule has 30 heavy (non-hydrogen) atoms. The van der Waals surface area contributed by atoms with Gasteiger partial charge in [-0.2, -0.15) is 0 Å². The van der Waals surface area contributed by atoms with E-state index in [0.717, 1.165) is 48.5 Å². The molecule has 2 aromatic carbocycles. The van der Waals surface area contributed by atoms with Gasteiger partial charge in [0.05, 0.1) is 16.7 Å². The number of nitrogens with zero attached hydrogens (tertiary/aromatic N) is 4. The summed E-state index contributed by atoms with van der Waals surface area (Å²) in [6.07, 6.45) is 1.95. The molecule has 4 aromatic rings. The first-order chi connectivity index (χ1) is 14.6. The number of hydrogen-bond donors (Lipinski definition) is 1. The predicted octanol–water partition coefficient (Wildman–Crippen LogP) is 3.78. The van der Waals surface area contributed by atoms with Gasteiger partial charge in [-0.3, -0.25) is 4.79 Å². The van der Waals surface area contributed by atoms with Gasteiger partial charge in [-0.05, 0) is 50.1 Å². The van der Waals surface area contributed by atoms with Crippen LogP contribution in [0.15, 0.2) is 48.5 Å². The zero-order valence-electron chi connectivity index (χ0n) is 17.5. The molecule has 5 rings (SSSR count).